The van der Waals surface area contributed by atoms with E-state index in [-0.39, 0.29) is 0 Å². The minimum atomic E-state index is 0. The molecular weight excluding hydrogens is 319 g/mol. The monoisotopic (exact) mass is 329 g/mol. The Kier molecular flexibility index (Phi) is 13.3. The number of hydrogen-bond acceptors (Lipinski definition) is 0. The zero-order valence-electron chi connectivity index (χ0n) is 3.80. The van der Waals surface area contributed by atoms with Crippen molar-refractivity contribution in [1.82, 2.24) is 0 Å². The molecule has 0 aromatic rings. The standard InChI is InChI=1S/C5H10.No/c1-3-5-4-2;/h1-5H2;/q-2;. The van der Waals surface area contributed by atoms with Crippen LogP contribution in [0.15, 0.2) is 0 Å². The summed E-state index contributed by atoms with van der Waals surface area (Å²) in [6, 6.07) is 0. The van der Waals surface area contributed by atoms with Gasteiger partial charge in [-0.1, -0.05) is 0 Å². The molecule has 0 unspecified atom stereocenters. The Morgan fingerprint density at radius 2 is 1.33 bits per heavy atom. The van der Waals surface area contributed by atoms with Gasteiger partial charge in [0.15, 0.2) is 0 Å². The number of unbranched alkanes of at least 4 members (excludes halogenated alkanes) is 2. The van der Waals surface area contributed by atoms with Crippen molar-refractivity contribution >= 4 is 0 Å². The molecule has 0 aliphatic rings. The van der Waals surface area contributed by atoms with Gasteiger partial charge >= 0.3 is 0 Å². The van der Waals surface area contributed by atoms with Crippen molar-refractivity contribution in [2.24, 2.45) is 0 Å². The van der Waals surface area contributed by atoms with Crippen molar-refractivity contribution in [3.05, 3.63) is 13.8 Å². The van der Waals surface area contributed by atoms with Crippen LogP contribution in [0.2, 0.25) is 0 Å². The maximum Gasteiger partial charge on any atom is 0 e. The molecule has 6 heavy (non-hydrogen) atoms. The Labute approximate surface area is 34.2 Å². The fourth-order valence-electron chi connectivity index (χ4n) is 0.177. The minimum absolute atomic E-state index is 0. The molecule has 0 atom stereocenters. The van der Waals surface area contributed by atoms with E-state index in [1.54, 1.807) is 0 Å². The third-order valence-electron chi connectivity index (χ3n) is 0.500. The van der Waals surface area contributed by atoms with Gasteiger partial charge in [0.25, 0.3) is 0 Å². The van der Waals surface area contributed by atoms with Gasteiger partial charge in [-0.25, -0.2) is 0 Å². The second kappa shape index (κ2) is 9.00. The van der Waals surface area contributed by atoms with Crippen LogP contribution in [0.5, 0.6) is 0 Å². The van der Waals surface area contributed by atoms with Crippen LogP contribution < -0.4 is 0 Å². The van der Waals surface area contributed by atoms with E-state index in [0.717, 1.165) is 12.8 Å². The normalized spacial score (nSPS) is 7.00. The fraction of sp³-hybridized carbons (Fsp3) is 0.600. The first-order chi connectivity index (χ1) is 2.41. The summed E-state index contributed by atoms with van der Waals surface area (Å²) in [5.41, 5.74) is 0. The summed E-state index contributed by atoms with van der Waals surface area (Å²) in [6.45, 7) is 7.27. The molecular formula is C5H10No-2. The van der Waals surface area contributed by atoms with Gasteiger partial charge in [0.2, 0.25) is 0 Å². The summed E-state index contributed by atoms with van der Waals surface area (Å²) >= 11 is 0. The Balaban J connectivity index is 0. The summed E-state index contributed by atoms with van der Waals surface area (Å²) in [5.74, 6) is 0. The van der Waals surface area contributed by atoms with Crippen LogP contribution in [0.25, 0.3) is 0 Å². The predicted octanol–water partition coefficient (Wildman–Crippen LogP) is 1.82. The minimum Gasteiger partial charge on any atom is -0.343 e. The average molecular weight is 329 g/mol. The van der Waals surface area contributed by atoms with E-state index in [9.17, 15) is 0 Å². The van der Waals surface area contributed by atoms with Crippen LogP contribution in [0, 0.1) is 13.8 Å². The second-order valence-electron chi connectivity index (χ2n) is 1.06. The first kappa shape index (κ1) is 8.89. The first-order valence-corrected chi connectivity index (χ1v) is 2.00. The Bertz CT molecular complexity index is 11.4. The smallest absolute Gasteiger partial charge is 0 e. The Morgan fingerprint density at radius 3 is 1.33 bits per heavy atom. The van der Waals surface area contributed by atoms with E-state index in [2.05, 4.69) is 13.8 Å². The van der Waals surface area contributed by atoms with Crippen LogP contribution in [0.3, 0.4) is 0 Å². The van der Waals surface area contributed by atoms with Crippen molar-refractivity contribution in [3.8, 4) is 0 Å². The quantitative estimate of drug-likeness (QED) is 0.678. The van der Waals surface area contributed by atoms with Gasteiger partial charge in [0, 0.05) is 0 Å². The number of hydrogen-bond donors (Lipinski definition) is 0. The van der Waals surface area contributed by atoms with E-state index < -0.39 is 0 Å². The summed E-state index contributed by atoms with van der Waals surface area (Å²) in [6.07, 6.45) is 3.23. The van der Waals surface area contributed by atoms with E-state index in [1.165, 1.54) is 6.42 Å². The average Bonchev–Trinajstić information content (AvgIpc) is 1.41. The third-order valence-corrected chi connectivity index (χ3v) is 0.500. The van der Waals surface area contributed by atoms with Gasteiger partial charge in [-0.05, 0) is 0 Å². The maximum absolute atomic E-state index is 3.64. The van der Waals surface area contributed by atoms with Crippen molar-refractivity contribution in [1.29, 1.82) is 0 Å². The molecule has 0 nitrogen and oxygen atoms in total. The predicted molar refractivity (Wildman–Crippen MR) is 24.6 cm³/mol. The van der Waals surface area contributed by atoms with Gasteiger partial charge in [0.05, 0.1) is 0 Å². The van der Waals surface area contributed by atoms with Crippen LogP contribution in [-0.4, -0.2) is 0 Å². The zero-order valence-corrected chi connectivity index (χ0v) is 6.03. The van der Waals surface area contributed by atoms with E-state index in [0.29, 0.717) is 0 Å². The van der Waals surface area contributed by atoms with Crippen molar-refractivity contribution in [2.45, 2.75) is 19.3 Å². The Hall–Kier alpha value is -1.00. The molecule has 0 radical (unpaired) electrons. The summed E-state index contributed by atoms with van der Waals surface area (Å²) in [7, 11) is 0. The van der Waals surface area contributed by atoms with Gasteiger partial charge in [-0.2, -0.15) is 12.8 Å². The molecule has 0 N–H and O–H groups in total. The molecule has 0 aliphatic carbocycles. The number of rotatable bonds is 2. The molecule has 0 rings (SSSR count). The first-order valence-electron chi connectivity index (χ1n) is 2.00. The molecule has 0 bridgehead atoms. The molecule has 0 saturated carbocycles. The van der Waals surface area contributed by atoms with Crippen LogP contribution in [0.1, 0.15) is 19.3 Å². The van der Waals surface area contributed by atoms with Gasteiger partial charge in [-0.3, -0.25) is 0 Å². The van der Waals surface area contributed by atoms with Crippen molar-refractivity contribution in [2.75, 3.05) is 0 Å². The summed E-state index contributed by atoms with van der Waals surface area (Å²) in [4.78, 5) is 0. The van der Waals surface area contributed by atoms with E-state index in [4.69, 9.17) is 0 Å². The van der Waals surface area contributed by atoms with Gasteiger partial charge in [0.1, 0.15) is 0 Å². The topological polar surface area (TPSA) is 0 Å². The largest absolute Gasteiger partial charge is 0.343 e. The molecule has 0 aromatic carbocycles. The van der Waals surface area contributed by atoms with Crippen molar-refractivity contribution < 1.29 is 0 Å². The van der Waals surface area contributed by atoms with E-state index in [1.807, 2.05) is 0 Å². The molecule has 0 heterocycles. The maximum atomic E-state index is 3.64. The van der Waals surface area contributed by atoms with Gasteiger partial charge in [-0.15, -0.1) is 6.42 Å². The van der Waals surface area contributed by atoms with Crippen molar-refractivity contribution in [3.63, 3.8) is 0 Å². The molecule has 0 aromatic heterocycles. The van der Waals surface area contributed by atoms with Gasteiger partial charge < -0.3 is 13.8 Å². The fourth-order valence-corrected chi connectivity index (χ4v) is 0.177. The molecule has 0 fully saturated rings. The van der Waals surface area contributed by atoms with Crippen LogP contribution in [-0.2, 0) is 0 Å². The second-order valence-corrected chi connectivity index (χ2v) is 1.06. The molecule has 1 heteroatoms. The van der Waals surface area contributed by atoms with E-state index >= 15 is 0 Å². The molecule has 46 valence electrons. The molecule has 0 spiro atoms. The SMILES string of the molecule is [CH2-]CCC[CH2-].[No]. The molecule has 0 amide bonds. The third kappa shape index (κ3) is 12.0. The summed E-state index contributed by atoms with van der Waals surface area (Å²) < 4.78 is 0. The molecule has 0 aliphatic heterocycles. The zero-order chi connectivity index (χ0) is 4.12. The van der Waals surface area contributed by atoms with Crippen LogP contribution in [0.4, 0.5) is 0 Å². The Morgan fingerprint density at radius 1 is 1.00 bits per heavy atom. The summed E-state index contributed by atoms with van der Waals surface area (Å²) in [5, 5.41) is 0. The molecule has 0 saturated heterocycles. The van der Waals surface area contributed by atoms with Crippen LogP contribution >= 0.6 is 0 Å².